The maximum absolute atomic E-state index is 11.5. The van der Waals surface area contributed by atoms with Crippen LogP contribution in [0.5, 0.6) is 0 Å². The smallest absolute Gasteiger partial charge is 0.472 e. The average molecular weight is 181 g/mol. The summed E-state index contributed by atoms with van der Waals surface area (Å²) in [4.78, 5) is 0. The van der Waals surface area contributed by atoms with Gasteiger partial charge >= 0.3 is 31.6 Å². The normalized spacial score (nSPS) is 10.2. The Balaban J connectivity index is 0. The van der Waals surface area contributed by atoms with Crippen molar-refractivity contribution in [3.05, 3.63) is 0 Å². The van der Waals surface area contributed by atoms with Crippen LogP contribution in [0.3, 0.4) is 0 Å². The van der Waals surface area contributed by atoms with E-state index in [1.165, 1.54) is 0 Å². The molecule has 0 spiro atoms. The van der Waals surface area contributed by atoms with Crippen LogP contribution >= 0.6 is 0 Å². The molecular formula is C4BF3LiN3O. The van der Waals surface area contributed by atoms with Crippen molar-refractivity contribution >= 4 is 6.35 Å². The van der Waals surface area contributed by atoms with E-state index in [1.807, 2.05) is 0 Å². The van der Waals surface area contributed by atoms with Gasteiger partial charge in [-0.2, -0.15) is 0 Å². The first-order valence-corrected chi connectivity index (χ1v) is 2.54. The first-order valence-electron chi connectivity index (χ1n) is 2.54. The molecule has 0 saturated carbocycles. The predicted octanol–water partition coefficient (Wildman–Crippen LogP) is -2.34. The van der Waals surface area contributed by atoms with Crippen molar-refractivity contribution in [3.63, 3.8) is 0 Å². The Hall–Kier alpha value is -1.12. The van der Waals surface area contributed by atoms with Crippen LogP contribution < -0.4 is 18.9 Å². The van der Waals surface area contributed by atoms with E-state index in [2.05, 4.69) is 4.65 Å². The molecular weight excluding hydrogens is 181 g/mol. The van der Waals surface area contributed by atoms with Crippen LogP contribution in [-0.4, -0.2) is 12.7 Å². The Morgan fingerprint density at radius 1 is 1.00 bits per heavy atom. The van der Waals surface area contributed by atoms with Crippen molar-refractivity contribution < 1.29 is 36.7 Å². The summed E-state index contributed by atoms with van der Waals surface area (Å²) in [6.07, 6.45) is -8.91. The third-order valence-electron chi connectivity index (χ3n) is 0.856. The third kappa shape index (κ3) is 4.46. The Morgan fingerprint density at radius 2 is 1.31 bits per heavy atom. The second-order valence-electron chi connectivity index (χ2n) is 1.74. The zero-order valence-electron chi connectivity index (χ0n) is 6.46. The molecule has 0 unspecified atom stereocenters. The van der Waals surface area contributed by atoms with E-state index < -0.39 is 12.7 Å². The van der Waals surface area contributed by atoms with E-state index in [0.717, 1.165) is 17.9 Å². The minimum Gasteiger partial charge on any atom is -0.472 e. The van der Waals surface area contributed by atoms with Gasteiger partial charge in [-0.15, -0.1) is 13.2 Å². The van der Waals surface area contributed by atoms with E-state index in [0.29, 0.717) is 0 Å². The van der Waals surface area contributed by atoms with E-state index in [-0.39, 0.29) is 18.9 Å². The van der Waals surface area contributed by atoms with Gasteiger partial charge in [-0.1, -0.05) is 17.9 Å². The molecule has 0 N–H and O–H groups in total. The van der Waals surface area contributed by atoms with Crippen LogP contribution in [0.25, 0.3) is 0 Å². The van der Waals surface area contributed by atoms with Crippen LogP contribution in [0, 0.1) is 33.7 Å². The van der Waals surface area contributed by atoms with Gasteiger partial charge in [-0.3, -0.25) is 0 Å². The van der Waals surface area contributed by atoms with Crippen LogP contribution in [0.1, 0.15) is 0 Å². The van der Waals surface area contributed by atoms with Crippen LogP contribution in [0.4, 0.5) is 13.2 Å². The van der Waals surface area contributed by atoms with Gasteiger partial charge in [-0.25, -0.2) is 15.8 Å². The maximum atomic E-state index is 11.5. The van der Waals surface area contributed by atoms with Gasteiger partial charge in [0.05, 0.1) is 0 Å². The minimum absolute atomic E-state index is 0. The molecule has 0 aliphatic heterocycles. The summed E-state index contributed by atoms with van der Waals surface area (Å²) in [5.41, 5.74) is 0. The fourth-order valence-corrected chi connectivity index (χ4v) is 0.366. The van der Waals surface area contributed by atoms with Gasteiger partial charge in [0.2, 0.25) is 0 Å². The van der Waals surface area contributed by atoms with E-state index in [9.17, 15) is 13.2 Å². The summed E-state index contributed by atoms with van der Waals surface area (Å²) in [5.74, 6) is 2.61. The molecule has 0 bridgehead atoms. The van der Waals surface area contributed by atoms with Crippen LogP contribution in [-0.2, 0) is 4.65 Å². The molecule has 4 nitrogen and oxygen atoms in total. The van der Waals surface area contributed by atoms with Crippen molar-refractivity contribution in [2.45, 2.75) is 6.36 Å². The van der Waals surface area contributed by atoms with Gasteiger partial charge in [0.1, 0.15) is 0 Å². The van der Waals surface area contributed by atoms with E-state index in [4.69, 9.17) is 15.8 Å². The van der Waals surface area contributed by atoms with Crippen molar-refractivity contribution in [1.82, 2.24) is 0 Å². The Bertz CT molecular complexity index is 262. The molecule has 0 aromatic carbocycles. The zero-order valence-corrected chi connectivity index (χ0v) is 6.46. The van der Waals surface area contributed by atoms with E-state index in [1.54, 1.807) is 0 Å². The minimum atomic E-state index is -5.15. The predicted molar refractivity (Wildman–Crippen MR) is 29.7 cm³/mol. The molecule has 9 heteroatoms. The van der Waals surface area contributed by atoms with Crippen LogP contribution in [0.15, 0.2) is 0 Å². The van der Waals surface area contributed by atoms with Gasteiger partial charge in [0.25, 0.3) is 0 Å². The maximum Gasteiger partial charge on any atom is 1.00 e. The fraction of sp³-hybridized carbons (Fsp3) is 0.250. The van der Waals surface area contributed by atoms with Crippen molar-refractivity contribution in [2.75, 3.05) is 0 Å². The molecule has 0 radical (unpaired) electrons. The molecule has 0 aromatic heterocycles. The summed E-state index contributed by atoms with van der Waals surface area (Å²) in [6.45, 7) is 0. The molecule has 0 atom stereocenters. The molecule has 0 aliphatic rings. The molecule has 0 rings (SSSR count). The van der Waals surface area contributed by atoms with Crippen molar-refractivity contribution in [2.24, 2.45) is 0 Å². The monoisotopic (exact) mass is 181 g/mol. The standard InChI is InChI=1S/C4BF3N3O.Li/c6-4(7,8)12-5(1-9,2-10)3-11;/q-1;+1. The molecule has 62 valence electrons. The summed E-state index contributed by atoms with van der Waals surface area (Å²) in [6, 6.07) is 0. The summed E-state index contributed by atoms with van der Waals surface area (Å²) in [7, 11) is 0. The Morgan fingerprint density at radius 3 is 1.38 bits per heavy atom. The quantitative estimate of drug-likeness (QED) is 0.424. The van der Waals surface area contributed by atoms with Gasteiger partial charge in [-0.05, 0) is 0 Å². The number of hydrogen-bond acceptors (Lipinski definition) is 4. The molecule has 0 aliphatic carbocycles. The third-order valence-corrected chi connectivity index (χ3v) is 0.856. The number of rotatable bonds is 1. The molecule has 0 heterocycles. The van der Waals surface area contributed by atoms with Gasteiger partial charge < -0.3 is 4.65 Å². The first kappa shape index (κ1) is 14.4. The summed E-state index contributed by atoms with van der Waals surface area (Å²) in [5, 5.41) is 24.1. The first-order chi connectivity index (χ1) is 5.39. The number of hydrogen-bond donors (Lipinski definition) is 0. The van der Waals surface area contributed by atoms with Crippen molar-refractivity contribution in [3.8, 4) is 17.9 Å². The van der Waals surface area contributed by atoms with Gasteiger partial charge in [0.15, 0.2) is 0 Å². The Kier molecular flexibility index (Phi) is 5.32. The second kappa shape index (κ2) is 4.80. The fourth-order valence-electron chi connectivity index (χ4n) is 0.366. The summed E-state index contributed by atoms with van der Waals surface area (Å²) < 4.78 is 37.4. The number of alkyl halides is 3. The number of nitriles is 3. The Labute approximate surface area is 83.6 Å². The van der Waals surface area contributed by atoms with Crippen molar-refractivity contribution in [1.29, 1.82) is 15.8 Å². The summed E-state index contributed by atoms with van der Waals surface area (Å²) >= 11 is 0. The van der Waals surface area contributed by atoms with Crippen LogP contribution in [0.2, 0.25) is 0 Å². The SMILES string of the molecule is N#C[B-](C#N)(C#N)OC(F)(F)F.[Li+]. The van der Waals surface area contributed by atoms with E-state index >= 15 is 0 Å². The molecule has 0 fully saturated rings. The molecule has 0 aromatic rings. The largest absolute Gasteiger partial charge is 1.00 e. The number of halogens is 3. The molecule has 0 amide bonds. The number of nitrogens with zero attached hydrogens (tertiary/aromatic N) is 3. The molecule has 13 heavy (non-hydrogen) atoms. The molecule has 0 saturated heterocycles. The average Bonchev–Trinajstić information content (AvgIpc) is 1.99. The van der Waals surface area contributed by atoms with Gasteiger partial charge in [0, 0.05) is 0 Å². The second-order valence-corrected chi connectivity index (χ2v) is 1.74. The zero-order chi connectivity index (χ0) is 9.83. The topological polar surface area (TPSA) is 80.6 Å².